The van der Waals surface area contributed by atoms with Crippen molar-refractivity contribution in [2.24, 2.45) is 10.8 Å². The fraction of sp³-hybridized carbons (Fsp3) is 1.00. The van der Waals surface area contributed by atoms with Gasteiger partial charge in [-0.25, -0.2) is 0 Å². The van der Waals surface area contributed by atoms with Crippen molar-refractivity contribution in [1.82, 2.24) is 0 Å². The highest BCUT2D eigenvalue weighted by Crippen LogP contribution is 2.56. The first-order chi connectivity index (χ1) is 24.7. The van der Waals surface area contributed by atoms with Gasteiger partial charge in [0.2, 0.25) is 0 Å². The molecule has 1 fully saturated rings. The van der Waals surface area contributed by atoms with Gasteiger partial charge in [0, 0.05) is 26.4 Å². The molecule has 0 saturated heterocycles. The number of aliphatic hydroxyl groups excluding tert-OH is 4. The minimum atomic E-state index is -0.226. The van der Waals surface area contributed by atoms with Crippen molar-refractivity contribution >= 4 is 0 Å². The van der Waals surface area contributed by atoms with Crippen LogP contribution < -0.4 is 0 Å². The van der Waals surface area contributed by atoms with Crippen LogP contribution in [0.4, 0.5) is 0 Å². The lowest BCUT2D eigenvalue weighted by atomic mass is 9.53. The maximum atomic E-state index is 10.3. The van der Waals surface area contributed by atoms with Crippen LogP contribution in [0, 0.1) is 10.8 Å². The van der Waals surface area contributed by atoms with Crippen LogP contribution in [-0.4, -0.2) is 46.9 Å². The van der Waals surface area contributed by atoms with Gasteiger partial charge in [-0.15, -0.1) is 0 Å². The van der Waals surface area contributed by atoms with Gasteiger partial charge in [-0.1, -0.05) is 218 Å². The van der Waals surface area contributed by atoms with Crippen molar-refractivity contribution in [3.8, 4) is 0 Å². The second-order valence-electron chi connectivity index (χ2n) is 17.0. The van der Waals surface area contributed by atoms with Gasteiger partial charge in [-0.05, 0) is 49.4 Å². The molecule has 1 aliphatic carbocycles. The summed E-state index contributed by atoms with van der Waals surface area (Å²) in [5, 5.41) is 41.1. The molecule has 0 spiro atoms. The molecule has 50 heavy (non-hydrogen) atoms. The summed E-state index contributed by atoms with van der Waals surface area (Å²) < 4.78 is 0. The summed E-state index contributed by atoms with van der Waals surface area (Å²) in [5.74, 6) is 0. The Labute approximate surface area is 313 Å². The number of hydrogen-bond acceptors (Lipinski definition) is 4. The topological polar surface area (TPSA) is 80.9 Å². The van der Waals surface area contributed by atoms with Crippen molar-refractivity contribution in [3.05, 3.63) is 0 Å². The molecule has 0 aliphatic heterocycles. The first-order valence-electron chi connectivity index (χ1n) is 23.1. The molecule has 0 atom stereocenters. The normalized spacial score (nSPS) is 23.3. The SMILES string of the molecule is OCCC1(CCO)CCCCCCCCCCCCCCCCCCCCCCCCCCCCCCCCCCCCC1(CCO)CCO. The molecule has 0 radical (unpaired) electrons. The fourth-order valence-corrected chi connectivity index (χ4v) is 9.78. The van der Waals surface area contributed by atoms with Crippen LogP contribution in [0.1, 0.15) is 257 Å². The number of aliphatic hydroxyl groups is 4. The van der Waals surface area contributed by atoms with E-state index in [1.54, 1.807) is 0 Å². The van der Waals surface area contributed by atoms with E-state index in [1.165, 1.54) is 205 Å². The van der Waals surface area contributed by atoms with E-state index in [-0.39, 0.29) is 37.3 Å². The van der Waals surface area contributed by atoms with Gasteiger partial charge in [-0.2, -0.15) is 0 Å². The van der Waals surface area contributed by atoms with Crippen molar-refractivity contribution in [3.63, 3.8) is 0 Å². The second-order valence-corrected chi connectivity index (χ2v) is 17.0. The van der Waals surface area contributed by atoms with Gasteiger partial charge in [-0.3, -0.25) is 0 Å². The van der Waals surface area contributed by atoms with Crippen LogP contribution in [0.25, 0.3) is 0 Å². The van der Waals surface area contributed by atoms with Gasteiger partial charge < -0.3 is 20.4 Å². The molecule has 4 nitrogen and oxygen atoms in total. The molecule has 0 amide bonds. The first-order valence-corrected chi connectivity index (χ1v) is 23.1. The Balaban J connectivity index is 2.60. The predicted molar refractivity (Wildman–Crippen MR) is 218 cm³/mol. The minimum absolute atomic E-state index is 0.110. The molecule has 4 N–H and O–H groups in total. The lowest BCUT2D eigenvalue weighted by molar-refractivity contribution is -0.0601. The summed E-state index contributed by atoms with van der Waals surface area (Å²) in [6.07, 6.45) is 51.4. The van der Waals surface area contributed by atoms with E-state index in [4.69, 9.17) is 0 Å². The smallest absolute Gasteiger partial charge is 0.0436 e. The van der Waals surface area contributed by atoms with Crippen molar-refractivity contribution in [1.29, 1.82) is 0 Å². The standard InChI is InChI=1S/C46H92O4/c47-41-37-45(38-42-48)35-33-31-29-27-25-23-21-19-17-15-13-11-9-7-5-3-1-2-4-6-8-10-12-14-16-18-20-22-24-26-28-30-32-34-36-46(45,39-43-49)40-44-50/h47-50H,1-44H2. The molecule has 1 saturated carbocycles. The minimum Gasteiger partial charge on any atom is -0.396 e. The van der Waals surface area contributed by atoms with Gasteiger partial charge in [0.1, 0.15) is 0 Å². The molecule has 0 heterocycles. The monoisotopic (exact) mass is 709 g/mol. The summed E-state index contributed by atoms with van der Waals surface area (Å²) >= 11 is 0. The zero-order valence-electron chi connectivity index (χ0n) is 33.9. The molecule has 0 aromatic heterocycles. The molecule has 0 aromatic rings. The Bertz CT molecular complexity index is 599. The Morgan fingerprint density at radius 3 is 0.440 bits per heavy atom. The predicted octanol–water partition coefficient (Wildman–Crippen LogP) is 13.5. The molecule has 300 valence electrons. The van der Waals surface area contributed by atoms with Crippen LogP contribution in [-0.2, 0) is 0 Å². The van der Waals surface area contributed by atoms with E-state index in [0.717, 1.165) is 25.7 Å². The molecule has 0 bridgehead atoms. The summed E-state index contributed by atoms with van der Waals surface area (Å²) in [4.78, 5) is 0. The quantitative estimate of drug-likeness (QED) is 0.202. The Hall–Kier alpha value is -0.160. The summed E-state index contributed by atoms with van der Waals surface area (Å²) in [5.41, 5.74) is -0.452. The van der Waals surface area contributed by atoms with Crippen molar-refractivity contribution in [2.75, 3.05) is 26.4 Å². The molecule has 1 aliphatic rings. The lowest BCUT2D eigenvalue weighted by Crippen LogP contribution is -2.45. The zero-order chi connectivity index (χ0) is 36.1. The third-order valence-electron chi connectivity index (χ3n) is 13.0. The van der Waals surface area contributed by atoms with Crippen LogP contribution >= 0.6 is 0 Å². The Morgan fingerprint density at radius 2 is 0.320 bits per heavy atom. The Morgan fingerprint density at radius 1 is 0.200 bits per heavy atom. The van der Waals surface area contributed by atoms with Crippen LogP contribution in [0.3, 0.4) is 0 Å². The third-order valence-corrected chi connectivity index (χ3v) is 13.0. The van der Waals surface area contributed by atoms with Crippen molar-refractivity contribution < 1.29 is 20.4 Å². The summed E-state index contributed by atoms with van der Waals surface area (Å²) in [6, 6.07) is 0. The van der Waals surface area contributed by atoms with E-state index in [1.807, 2.05) is 0 Å². The van der Waals surface area contributed by atoms with Gasteiger partial charge in [0.15, 0.2) is 0 Å². The van der Waals surface area contributed by atoms with E-state index in [9.17, 15) is 20.4 Å². The largest absolute Gasteiger partial charge is 0.396 e. The molecular weight excluding hydrogens is 617 g/mol. The maximum absolute atomic E-state index is 10.3. The van der Waals surface area contributed by atoms with Gasteiger partial charge in [0.25, 0.3) is 0 Å². The fourth-order valence-electron chi connectivity index (χ4n) is 9.78. The highest BCUT2D eigenvalue weighted by atomic mass is 16.3. The van der Waals surface area contributed by atoms with E-state index >= 15 is 0 Å². The van der Waals surface area contributed by atoms with Gasteiger partial charge in [0.05, 0.1) is 0 Å². The van der Waals surface area contributed by atoms with Crippen LogP contribution in [0.15, 0.2) is 0 Å². The average Bonchev–Trinajstić information content (AvgIpc) is 3.11. The summed E-state index contributed by atoms with van der Waals surface area (Å²) in [6.45, 7) is 0.439. The lowest BCUT2D eigenvalue weighted by Gasteiger charge is -2.52. The third kappa shape index (κ3) is 24.2. The highest BCUT2D eigenvalue weighted by molar-refractivity contribution is 4.98. The molecule has 0 unspecified atom stereocenters. The zero-order valence-corrected chi connectivity index (χ0v) is 33.9. The molecule has 1 rings (SSSR count). The molecule has 0 aromatic carbocycles. The molecule has 4 heteroatoms. The van der Waals surface area contributed by atoms with Crippen LogP contribution in [0.5, 0.6) is 0 Å². The first kappa shape index (κ1) is 47.9. The molecular formula is C46H92O4. The number of rotatable bonds is 8. The van der Waals surface area contributed by atoms with Crippen LogP contribution in [0.2, 0.25) is 0 Å². The highest BCUT2D eigenvalue weighted by Gasteiger charge is 2.48. The van der Waals surface area contributed by atoms with Gasteiger partial charge >= 0.3 is 0 Å². The maximum Gasteiger partial charge on any atom is 0.0436 e. The van der Waals surface area contributed by atoms with E-state index in [0.29, 0.717) is 25.7 Å². The Kier molecular flexibility index (Phi) is 34.3. The van der Waals surface area contributed by atoms with E-state index < -0.39 is 0 Å². The number of hydrogen-bond donors (Lipinski definition) is 4. The van der Waals surface area contributed by atoms with Crippen molar-refractivity contribution in [2.45, 2.75) is 257 Å². The van der Waals surface area contributed by atoms with E-state index in [2.05, 4.69) is 0 Å². The average molecular weight is 709 g/mol. The second kappa shape index (κ2) is 35.8. The summed E-state index contributed by atoms with van der Waals surface area (Å²) in [7, 11) is 0.